The van der Waals surface area contributed by atoms with Crippen LogP contribution >= 0.6 is 0 Å². The highest BCUT2D eigenvalue weighted by Gasteiger charge is 2.37. The van der Waals surface area contributed by atoms with Crippen LogP contribution in [0.1, 0.15) is 75.4 Å². The van der Waals surface area contributed by atoms with Gasteiger partial charge in [0, 0.05) is 6.42 Å². The molecular formula is C26H32N2O5. The molecule has 0 heterocycles. The maximum absolute atomic E-state index is 13.0. The Hall–Kier alpha value is -3.19. The molecule has 1 aliphatic rings. The van der Waals surface area contributed by atoms with Crippen LogP contribution in [0.3, 0.4) is 0 Å². The number of nitrogens with zero attached hydrogens (tertiary/aromatic N) is 2. The minimum Gasteiger partial charge on any atom is -0.364 e. The van der Waals surface area contributed by atoms with Gasteiger partial charge in [0.2, 0.25) is 6.29 Å². The van der Waals surface area contributed by atoms with Gasteiger partial charge < -0.3 is 14.8 Å². The highest BCUT2D eigenvalue weighted by molar-refractivity contribution is 6.32. The van der Waals surface area contributed by atoms with Crippen LogP contribution in [-0.2, 0) is 25.3 Å². The minimum absolute atomic E-state index is 0.00449. The molecule has 1 amide bonds. The molecule has 2 aromatic rings. The Balaban J connectivity index is 1.98. The Labute approximate surface area is 194 Å². The Kier molecular flexibility index (Phi) is 7.22. The lowest BCUT2D eigenvalue weighted by molar-refractivity contribution is -0.118. The number of aliphatic hydroxyl groups excluding tert-OH is 1. The van der Waals surface area contributed by atoms with E-state index in [-0.39, 0.29) is 10.8 Å². The van der Waals surface area contributed by atoms with Crippen molar-refractivity contribution in [3.63, 3.8) is 0 Å². The molecule has 0 saturated carbocycles. The number of hydroxylamine groups is 1. The van der Waals surface area contributed by atoms with E-state index >= 15 is 0 Å². The molecule has 0 aromatic heterocycles. The summed E-state index contributed by atoms with van der Waals surface area (Å²) in [5.74, 6) is -1.39. The summed E-state index contributed by atoms with van der Waals surface area (Å²) >= 11 is 0. The fourth-order valence-corrected chi connectivity index (χ4v) is 3.91. The number of hydrogen-bond donors (Lipinski definition) is 1. The van der Waals surface area contributed by atoms with Crippen molar-refractivity contribution in [2.45, 2.75) is 71.0 Å². The van der Waals surface area contributed by atoms with Gasteiger partial charge in [-0.2, -0.15) is 0 Å². The summed E-state index contributed by atoms with van der Waals surface area (Å²) in [4.78, 5) is 36.1. The number of anilines is 1. The molecule has 2 aromatic carbocycles. The van der Waals surface area contributed by atoms with Gasteiger partial charge in [-0.05, 0) is 59.1 Å². The first-order valence-corrected chi connectivity index (χ1v) is 11.2. The van der Waals surface area contributed by atoms with E-state index in [0.29, 0.717) is 17.7 Å². The summed E-state index contributed by atoms with van der Waals surface area (Å²) in [6.07, 6.45) is 2.13. The third-order valence-electron chi connectivity index (χ3n) is 6.15. The summed E-state index contributed by atoms with van der Waals surface area (Å²) in [5, 5.41) is 14.0. The molecule has 0 fully saturated rings. The minimum atomic E-state index is -1.12. The SMILES string of the molecule is CCC(O)ON=CC(=O)N(OC(=O)c1ccccc1)c1ccc2c(c1)C(C)(C)CCC2(C)C. The van der Waals surface area contributed by atoms with Crippen LogP contribution in [0.25, 0.3) is 0 Å². The van der Waals surface area contributed by atoms with E-state index in [2.05, 4.69) is 32.9 Å². The summed E-state index contributed by atoms with van der Waals surface area (Å²) in [5.41, 5.74) is 2.96. The third-order valence-corrected chi connectivity index (χ3v) is 6.15. The van der Waals surface area contributed by atoms with Gasteiger partial charge in [-0.15, -0.1) is 5.06 Å². The molecule has 7 heteroatoms. The number of aliphatic hydroxyl groups is 1. The zero-order valence-electron chi connectivity index (χ0n) is 19.9. The number of benzene rings is 2. The fraction of sp³-hybridized carbons (Fsp3) is 0.423. The Morgan fingerprint density at radius 1 is 1.06 bits per heavy atom. The smallest absolute Gasteiger partial charge is 0.363 e. The van der Waals surface area contributed by atoms with Crippen LogP contribution in [-0.4, -0.2) is 29.5 Å². The van der Waals surface area contributed by atoms with Gasteiger partial charge in [0.15, 0.2) is 0 Å². The van der Waals surface area contributed by atoms with E-state index in [1.807, 2.05) is 12.1 Å². The highest BCUT2D eigenvalue weighted by atomic mass is 16.7. The van der Waals surface area contributed by atoms with Crippen LogP contribution < -0.4 is 5.06 Å². The summed E-state index contributed by atoms with van der Waals surface area (Å²) in [6, 6.07) is 14.1. The summed E-state index contributed by atoms with van der Waals surface area (Å²) in [7, 11) is 0. The number of hydrogen-bond acceptors (Lipinski definition) is 6. The zero-order valence-corrected chi connectivity index (χ0v) is 19.9. The number of carbonyl (C=O) groups excluding carboxylic acids is 2. The lowest BCUT2D eigenvalue weighted by Gasteiger charge is -2.42. The van der Waals surface area contributed by atoms with Crippen LogP contribution in [0.2, 0.25) is 0 Å². The van der Waals surface area contributed by atoms with E-state index in [0.717, 1.165) is 29.7 Å². The first-order chi connectivity index (χ1) is 15.5. The van der Waals surface area contributed by atoms with Crippen molar-refractivity contribution in [2.24, 2.45) is 5.16 Å². The number of oxime groups is 1. The molecule has 7 nitrogen and oxygen atoms in total. The van der Waals surface area contributed by atoms with Gasteiger partial charge in [0.25, 0.3) is 0 Å². The maximum Gasteiger partial charge on any atom is 0.363 e. The largest absolute Gasteiger partial charge is 0.364 e. The second-order valence-electron chi connectivity index (χ2n) is 9.58. The molecule has 0 radical (unpaired) electrons. The van der Waals surface area contributed by atoms with Gasteiger partial charge in [0.05, 0.1) is 11.3 Å². The van der Waals surface area contributed by atoms with Crippen molar-refractivity contribution in [3.05, 3.63) is 65.2 Å². The van der Waals surface area contributed by atoms with E-state index in [9.17, 15) is 14.7 Å². The molecule has 1 N–H and O–H groups in total. The molecule has 1 aliphatic carbocycles. The molecule has 1 unspecified atom stereocenters. The van der Waals surface area contributed by atoms with Crippen LogP contribution in [0.15, 0.2) is 53.7 Å². The standard InChI is InChI=1S/C26H32N2O5/c1-6-23(30)32-27-17-22(29)28(33-24(31)18-10-8-7-9-11-18)19-12-13-20-21(16-19)26(4,5)15-14-25(20,2)3/h7-13,16-17,23,30H,6,14-15H2,1-5H3. The number of amides is 1. The second kappa shape index (κ2) is 9.75. The monoisotopic (exact) mass is 452 g/mol. The lowest BCUT2D eigenvalue weighted by Crippen LogP contribution is -2.37. The topological polar surface area (TPSA) is 88.4 Å². The first kappa shape index (κ1) is 24.5. The molecule has 0 saturated heterocycles. The van der Waals surface area contributed by atoms with Gasteiger partial charge in [0.1, 0.15) is 6.21 Å². The molecular weight excluding hydrogens is 420 g/mol. The van der Waals surface area contributed by atoms with E-state index < -0.39 is 18.2 Å². The molecule has 0 aliphatic heterocycles. The van der Waals surface area contributed by atoms with E-state index in [4.69, 9.17) is 9.68 Å². The summed E-state index contributed by atoms with van der Waals surface area (Å²) in [6.45, 7) is 10.5. The van der Waals surface area contributed by atoms with E-state index in [1.54, 1.807) is 43.3 Å². The molecule has 0 spiro atoms. The average Bonchev–Trinajstić information content (AvgIpc) is 2.80. The zero-order chi connectivity index (χ0) is 24.2. The van der Waals surface area contributed by atoms with Gasteiger partial charge >= 0.3 is 11.9 Å². The average molecular weight is 453 g/mol. The van der Waals surface area contributed by atoms with Crippen molar-refractivity contribution in [2.75, 3.05) is 5.06 Å². The first-order valence-electron chi connectivity index (χ1n) is 11.2. The van der Waals surface area contributed by atoms with Crippen LogP contribution in [0.5, 0.6) is 0 Å². The third kappa shape index (κ3) is 5.60. The predicted octanol–water partition coefficient (Wildman–Crippen LogP) is 4.87. The van der Waals surface area contributed by atoms with Gasteiger partial charge in [-0.3, -0.25) is 4.79 Å². The number of fused-ring (bicyclic) bond motifs is 1. The molecule has 176 valence electrons. The second-order valence-corrected chi connectivity index (χ2v) is 9.58. The number of carbonyl (C=O) groups is 2. The predicted molar refractivity (Wildman–Crippen MR) is 127 cm³/mol. The summed E-state index contributed by atoms with van der Waals surface area (Å²) < 4.78 is 0. The Morgan fingerprint density at radius 2 is 1.70 bits per heavy atom. The maximum atomic E-state index is 13.0. The molecule has 33 heavy (non-hydrogen) atoms. The van der Waals surface area contributed by atoms with Crippen LogP contribution in [0.4, 0.5) is 5.69 Å². The van der Waals surface area contributed by atoms with Crippen molar-refractivity contribution >= 4 is 23.8 Å². The Morgan fingerprint density at radius 3 is 2.33 bits per heavy atom. The van der Waals surface area contributed by atoms with Crippen molar-refractivity contribution < 1.29 is 24.4 Å². The lowest BCUT2D eigenvalue weighted by atomic mass is 9.63. The van der Waals surface area contributed by atoms with E-state index in [1.165, 1.54) is 5.56 Å². The van der Waals surface area contributed by atoms with Crippen molar-refractivity contribution in [1.29, 1.82) is 0 Å². The quantitative estimate of drug-likeness (QED) is 0.384. The Bertz CT molecular complexity index is 1030. The molecule has 3 rings (SSSR count). The van der Waals surface area contributed by atoms with Gasteiger partial charge in [-0.1, -0.05) is 64.0 Å². The normalized spacial score (nSPS) is 17.2. The van der Waals surface area contributed by atoms with Crippen molar-refractivity contribution in [1.82, 2.24) is 0 Å². The highest BCUT2D eigenvalue weighted by Crippen LogP contribution is 2.46. The fourth-order valence-electron chi connectivity index (χ4n) is 3.91. The van der Waals surface area contributed by atoms with Crippen molar-refractivity contribution in [3.8, 4) is 0 Å². The molecule has 1 atom stereocenters. The van der Waals surface area contributed by atoms with Gasteiger partial charge in [-0.25, -0.2) is 4.79 Å². The van der Waals surface area contributed by atoms with Crippen LogP contribution in [0, 0.1) is 0 Å². The number of rotatable bonds is 6. The molecule has 0 bridgehead atoms.